The number of hydrogen-bond donors (Lipinski definition) is 0. The molecule has 2 fully saturated rings. The van der Waals surface area contributed by atoms with Gasteiger partial charge in [-0.1, -0.05) is 0 Å². The first kappa shape index (κ1) is 9.67. The quantitative estimate of drug-likeness (QED) is 0.678. The van der Waals surface area contributed by atoms with Crippen molar-refractivity contribution in [1.29, 1.82) is 5.26 Å². The van der Waals surface area contributed by atoms with Crippen molar-refractivity contribution in [3.63, 3.8) is 0 Å². The third kappa shape index (κ3) is 2.13. The van der Waals surface area contributed by atoms with Crippen molar-refractivity contribution in [3.8, 4) is 6.07 Å². The van der Waals surface area contributed by atoms with E-state index in [2.05, 4.69) is 11.0 Å². The molecule has 0 atom stereocenters. The Labute approximate surface area is 84.7 Å². The number of hydrogen-bond acceptors (Lipinski definition) is 3. The molecular formula is C11H16N2O. The second-order valence-electron chi connectivity index (χ2n) is 4.69. The summed E-state index contributed by atoms with van der Waals surface area (Å²) >= 11 is 0. The van der Waals surface area contributed by atoms with Gasteiger partial charge in [0.05, 0.1) is 12.6 Å². The molecule has 2 aliphatic rings. The summed E-state index contributed by atoms with van der Waals surface area (Å²) in [6.07, 6.45) is 4.76. The average molecular weight is 192 g/mol. The molecule has 0 N–H and O–H groups in total. The van der Waals surface area contributed by atoms with Gasteiger partial charge in [0.1, 0.15) is 5.78 Å². The summed E-state index contributed by atoms with van der Waals surface area (Å²) in [7, 11) is 0. The number of rotatable bonds is 3. The summed E-state index contributed by atoms with van der Waals surface area (Å²) in [6, 6.07) is 2.26. The zero-order chi connectivity index (χ0) is 10.0. The topological polar surface area (TPSA) is 44.1 Å². The highest BCUT2D eigenvalue weighted by molar-refractivity contribution is 5.81. The summed E-state index contributed by atoms with van der Waals surface area (Å²) in [5, 5.41) is 8.69. The van der Waals surface area contributed by atoms with Gasteiger partial charge >= 0.3 is 0 Å². The van der Waals surface area contributed by atoms with Crippen LogP contribution in [0.3, 0.4) is 0 Å². The van der Waals surface area contributed by atoms with Gasteiger partial charge in [0.2, 0.25) is 0 Å². The van der Waals surface area contributed by atoms with E-state index in [0.717, 1.165) is 25.9 Å². The Morgan fingerprint density at radius 3 is 2.86 bits per heavy atom. The van der Waals surface area contributed by atoms with Crippen LogP contribution in [0.15, 0.2) is 0 Å². The largest absolute Gasteiger partial charge is 0.298 e. The van der Waals surface area contributed by atoms with Gasteiger partial charge in [-0.15, -0.1) is 0 Å². The SMILES string of the molecule is N#CCC1(CN2CCCC(=O)C2)CC1. The van der Waals surface area contributed by atoms with Crippen LogP contribution in [0.1, 0.15) is 32.1 Å². The predicted octanol–water partition coefficient (Wildman–Crippen LogP) is 1.35. The molecule has 1 aliphatic heterocycles. The Kier molecular flexibility index (Phi) is 2.56. The molecule has 3 heteroatoms. The van der Waals surface area contributed by atoms with Crippen LogP contribution in [0, 0.1) is 16.7 Å². The highest BCUT2D eigenvalue weighted by Crippen LogP contribution is 2.49. The first-order valence-corrected chi connectivity index (χ1v) is 5.35. The number of piperidine rings is 1. The molecule has 0 aromatic rings. The van der Waals surface area contributed by atoms with Gasteiger partial charge in [-0.25, -0.2) is 0 Å². The molecule has 0 unspecified atom stereocenters. The predicted molar refractivity (Wildman–Crippen MR) is 52.6 cm³/mol. The molecule has 0 spiro atoms. The number of ketones is 1. The van der Waals surface area contributed by atoms with Gasteiger partial charge in [0.25, 0.3) is 0 Å². The second-order valence-corrected chi connectivity index (χ2v) is 4.69. The lowest BCUT2D eigenvalue weighted by molar-refractivity contribution is -0.122. The first-order valence-electron chi connectivity index (χ1n) is 5.35. The standard InChI is InChI=1S/C11H16N2O/c12-6-5-11(3-4-11)9-13-7-1-2-10(14)8-13/h1-5,7-9H2. The second kappa shape index (κ2) is 3.70. The highest BCUT2D eigenvalue weighted by Gasteiger charge is 2.43. The van der Waals surface area contributed by atoms with Crippen molar-refractivity contribution in [2.75, 3.05) is 19.6 Å². The van der Waals surface area contributed by atoms with Crippen molar-refractivity contribution < 1.29 is 4.79 Å². The Bertz CT molecular complexity index is 276. The fourth-order valence-electron chi connectivity index (χ4n) is 2.25. The van der Waals surface area contributed by atoms with E-state index >= 15 is 0 Å². The number of carbonyl (C=O) groups excluding carboxylic acids is 1. The molecule has 1 saturated carbocycles. The molecule has 1 saturated heterocycles. The maximum atomic E-state index is 11.2. The molecule has 3 nitrogen and oxygen atoms in total. The molecule has 14 heavy (non-hydrogen) atoms. The van der Waals surface area contributed by atoms with Gasteiger partial charge in [-0.05, 0) is 31.2 Å². The summed E-state index contributed by atoms with van der Waals surface area (Å²) in [5.74, 6) is 0.365. The van der Waals surface area contributed by atoms with Gasteiger partial charge in [0.15, 0.2) is 0 Å². The van der Waals surface area contributed by atoms with Crippen LogP contribution < -0.4 is 0 Å². The molecule has 0 aromatic carbocycles. The van der Waals surface area contributed by atoms with Crippen LogP contribution in [-0.4, -0.2) is 30.3 Å². The molecule has 0 aromatic heterocycles. The molecule has 0 amide bonds. The number of Topliss-reactive ketones (excluding diaryl/α,β-unsaturated/α-hetero) is 1. The van der Waals surface area contributed by atoms with Crippen LogP contribution >= 0.6 is 0 Å². The molecule has 0 radical (unpaired) electrons. The number of nitrogens with zero attached hydrogens (tertiary/aromatic N) is 2. The summed E-state index contributed by atoms with van der Waals surface area (Å²) in [5.41, 5.74) is 0.256. The smallest absolute Gasteiger partial charge is 0.146 e. The fourth-order valence-corrected chi connectivity index (χ4v) is 2.25. The molecular weight excluding hydrogens is 176 g/mol. The normalized spacial score (nSPS) is 25.8. The van der Waals surface area contributed by atoms with Crippen LogP contribution in [0.4, 0.5) is 0 Å². The first-order chi connectivity index (χ1) is 6.74. The van der Waals surface area contributed by atoms with Crippen LogP contribution in [0.5, 0.6) is 0 Å². The molecule has 1 heterocycles. The number of nitriles is 1. The Morgan fingerprint density at radius 2 is 2.29 bits per heavy atom. The van der Waals surface area contributed by atoms with Crippen molar-refractivity contribution in [1.82, 2.24) is 4.90 Å². The third-order valence-electron chi connectivity index (χ3n) is 3.30. The van der Waals surface area contributed by atoms with E-state index in [1.165, 1.54) is 12.8 Å². The van der Waals surface area contributed by atoms with E-state index in [-0.39, 0.29) is 5.41 Å². The Balaban J connectivity index is 1.85. The third-order valence-corrected chi connectivity index (χ3v) is 3.30. The van der Waals surface area contributed by atoms with Gasteiger partial charge in [-0.3, -0.25) is 9.69 Å². The van der Waals surface area contributed by atoms with E-state index in [4.69, 9.17) is 5.26 Å². The number of likely N-dealkylation sites (tertiary alicyclic amines) is 1. The van der Waals surface area contributed by atoms with Crippen LogP contribution in [-0.2, 0) is 4.79 Å². The Morgan fingerprint density at radius 1 is 1.50 bits per heavy atom. The minimum absolute atomic E-state index is 0.256. The van der Waals surface area contributed by atoms with Crippen molar-refractivity contribution in [2.45, 2.75) is 32.1 Å². The van der Waals surface area contributed by atoms with E-state index in [0.29, 0.717) is 18.7 Å². The molecule has 1 aliphatic carbocycles. The van der Waals surface area contributed by atoms with Gasteiger partial charge in [-0.2, -0.15) is 5.26 Å². The lowest BCUT2D eigenvalue weighted by Crippen LogP contribution is -2.39. The molecule has 0 bridgehead atoms. The Hall–Kier alpha value is -0.880. The van der Waals surface area contributed by atoms with E-state index in [1.807, 2.05) is 0 Å². The van der Waals surface area contributed by atoms with Gasteiger partial charge < -0.3 is 0 Å². The minimum atomic E-state index is 0.256. The van der Waals surface area contributed by atoms with Crippen molar-refractivity contribution in [3.05, 3.63) is 0 Å². The van der Waals surface area contributed by atoms with E-state index in [9.17, 15) is 4.79 Å². The van der Waals surface area contributed by atoms with E-state index < -0.39 is 0 Å². The zero-order valence-electron chi connectivity index (χ0n) is 8.46. The van der Waals surface area contributed by atoms with Crippen molar-refractivity contribution in [2.24, 2.45) is 5.41 Å². The summed E-state index contributed by atoms with van der Waals surface area (Å²) in [4.78, 5) is 13.5. The lowest BCUT2D eigenvalue weighted by Gasteiger charge is -2.28. The lowest BCUT2D eigenvalue weighted by atomic mass is 10.0. The fraction of sp³-hybridized carbons (Fsp3) is 0.818. The highest BCUT2D eigenvalue weighted by atomic mass is 16.1. The van der Waals surface area contributed by atoms with Crippen LogP contribution in [0.25, 0.3) is 0 Å². The molecule has 76 valence electrons. The van der Waals surface area contributed by atoms with Gasteiger partial charge in [0, 0.05) is 19.4 Å². The van der Waals surface area contributed by atoms with Crippen molar-refractivity contribution >= 4 is 5.78 Å². The average Bonchev–Trinajstić information content (AvgIpc) is 2.85. The minimum Gasteiger partial charge on any atom is -0.298 e. The monoisotopic (exact) mass is 192 g/mol. The maximum Gasteiger partial charge on any atom is 0.146 e. The van der Waals surface area contributed by atoms with Crippen LogP contribution in [0.2, 0.25) is 0 Å². The summed E-state index contributed by atoms with van der Waals surface area (Å²) in [6.45, 7) is 2.62. The summed E-state index contributed by atoms with van der Waals surface area (Å²) < 4.78 is 0. The molecule has 2 rings (SSSR count). The maximum absolute atomic E-state index is 11.2. The van der Waals surface area contributed by atoms with E-state index in [1.54, 1.807) is 0 Å². The number of carbonyl (C=O) groups is 1. The zero-order valence-corrected chi connectivity index (χ0v) is 8.46.